The van der Waals surface area contributed by atoms with Crippen LogP contribution in [0.2, 0.25) is 0 Å². The van der Waals surface area contributed by atoms with Crippen molar-refractivity contribution in [2.45, 2.75) is 58.0 Å². The average molecular weight is 322 g/mol. The Hall–Kier alpha value is -1.59. The van der Waals surface area contributed by atoms with Crippen LogP contribution in [0.4, 0.5) is 0 Å². The summed E-state index contributed by atoms with van der Waals surface area (Å²) in [5.41, 5.74) is 1.12. The van der Waals surface area contributed by atoms with E-state index in [1.807, 2.05) is 25.1 Å². The predicted molar refractivity (Wildman–Crippen MR) is 86.3 cm³/mol. The van der Waals surface area contributed by atoms with Gasteiger partial charge in [0.1, 0.15) is 11.9 Å². The molecule has 1 fully saturated rings. The number of rotatable bonds is 7. The highest BCUT2D eigenvalue weighted by molar-refractivity contribution is 5.66. The average Bonchev–Trinajstić information content (AvgIpc) is 2.54. The molecule has 2 rings (SSSR count). The number of methoxy groups -OCH3 is 1. The Bertz CT molecular complexity index is 502. The second-order valence-corrected chi connectivity index (χ2v) is 5.71. The topological polar surface area (TPSA) is 54.0 Å². The van der Waals surface area contributed by atoms with Gasteiger partial charge in [-0.3, -0.25) is 4.79 Å². The molecule has 0 bridgehead atoms. The molecule has 0 amide bonds. The van der Waals surface area contributed by atoms with Gasteiger partial charge in [-0.05, 0) is 43.9 Å². The summed E-state index contributed by atoms with van der Waals surface area (Å²) in [6, 6.07) is 7.86. The number of hydrogen-bond acceptors (Lipinski definition) is 5. The maximum atomic E-state index is 11.3. The van der Waals surface area contributed by atoms with Crippen LogP contribution in [0.15, 0.2) is 24.3 Å². The van der Waals surface area contributed by atoms with Crippen LogP contribution in [0, 0.1) is 0 Å². The molecule has 0 aliphatic heterocycles. The number of ether oxygens (including phenoxy) is 4. The van der Waals surface area contributed by atoms with Crippen molar-refractivity contribution in [3.8, 4) is 5.75 Å². The highest BCUT2D eigenvalue weighted by Crippen LogP contribution is 2.36. The van der Waals surface area contributed by atoms with Crippen LogP contribution in [0.1, 0.15) is 51.0 Å². The minimum atomic E-state index is -0.717. The molecule has 23 heavy (non-hydrogen) atoms. The van der Waals surface area contributed by atoms with Crippen LogP contribution < -0.4 is 4.74 Å². The first-order valence-electron chi connectivity index (χ1n) is 8.22. The molecule has 1 aromatic rings. The largest absolute Gasteiger partial charge is 0.462 e. The minimum absolute atomic E-state index is 0.0541. The van der Waals surface area contributed by atoms with E-state index < -0.39 is 6.48 Å². The van der Waals surface area contributed by atoms with Gasteiger partial charge >= 0.3 is 12.4 Å². The Labute approximate surface area is 137 Å². The highest BCUT2D eigenvalue weighted by atomic mass is 16.8. The summed E-state index contributed by atoms with van der Waals surface area (Å²) in [6.45, 7) is 3.15. The summed E-state index contributed by atoms with van der Waals surface area (Å²) in [6.07, 6.45) is 4.12. The Balaban J connectivity index is 2.11. The molecule has 1 aromatic carbocycles. The molecule has 0 aromatic heterocycles. The van der Waals surface area contributed by atoms with Crippen molar-refractivity contribution in [1.29, 1.82) is 0 Å². The van der Waals surface area contributed by atoms with Crippen LogP contribution in [-0.2, 0) is 19.0 Å². The molecule has 0 radical (unpaired) electrons. The standard InChI is InChI=1S/C18H26O5/c1-4-21-18(20-3)23-15-9-7-8-14(12-15)16-10-5-6-11-17(16)22-13(2)19/h7-9,12,16-18H,4-6,10-11H2,1-3H3/t16-,17+,18?/m1/s1. The minimum Gasteiger partial charge on any atom is -0.462 e. The molecule has 128 valence electrons. The van der Waals surface area contributed by atoms with E-state index in [0.29, 0.717) is 12.4 Å². The Morgan fingerprint density at radius 1 is 1.30 bits per heavy atom. The fourth-order valence-corrected chi connectivity index (χ4v) is 3.05. The van der Waals surface area contributed by atoms with E-state index in [-0.39, 0.29) is 18.0 Å². The Morgan fingerprint density at radius 2 is 2.09 bits per heavy atom. The molecule has 1 saturated carbocycles. The highest BCUT2D eigenvalue weighted by Gasteiger charge is 2.29. The van der Waals surface area contributed by atoms with Crippen LogP contribution >= 0.6 is 0 Å². The zero-order valence-electron chi connectivity index (χ0n) is 14.1. The van der Waals surface area contributed by atoms with Gasteiger partial charge in [-0.1, -0.05) is 18.6 Å². The third kappa shape index (κ3) is 5.22. The van der Waals surface area contributed by atoms with Gasteiger partial charge < -0.3 is 18.9 Å². The van der Waals surface area contributed by atoms with Crippen molar-refractivity contribution < 1.29 is 23.7 Å². The van der Waals surface area contributed by atoms with E-state index in [9.17, 15) is 4.79 Å². The molecule has 1 aliphatic rings. The lowest BCUT2D eigenvalue weighted by molar-refractivity contribution is -0.231. The van der Waals surface area contributed by atoms with Gasteiger partial charge in [-0.15, -0.1) is 0 Å². The molecular formula is C18H26O5. The van der Waals surface area contributed by atoms with Crippen LogP contribution in [0.25, 0.3) is 0 Å². The molecule has 0 N–H and O–H groups in total. The summed E-state index contributed by atoms with van der Waals surface area (Å²) in [5.74, 6) is 0.685. The van der Waals surface area contributed by atoms with Crippen LogP contribution in [0.5, 0.6) is 5.75 Å². The summed E-state index contributed by atoms with van der Waals surface area (Å²) >= 11 is 0. The van der Waals surface area contributed by atoms with E-state index in [1.165, 1.54) is 6.92 Å². The Morgan fingerprint density at radius 3 is 2.78 bits per heavy atom. The zero-order chi connectivity index (χ0) is 16.7. The fourth-order valence-electron chi connectivity index (χ4n) is 3.05. The molecule has 0 heterocycles. The predicted octanol–water partition coefficient (Wildman–Crippen LogP) is 3.62. The maximum Gasteiger partial charge on any atom is 0.315 e. The summed E-state index contributed by atoms with van der Waals surface area (Å²) < 4.78 is 21.7. The van der Waals surface area contributed by atoms with Gasteiger partial charge in [0, 0.05) is 20.0 Å². The molecule has 1 aliphatic carbocycles. The van der Waals surface area contributed by atoms with Gasteiger partial charge in [0.05, 0.1) is 6.61 Å². The smallest absolute Gasteiger partial charge is 0.315 e. The first kappa shape index (κ1) is 17.8. The van der Waals surface area contributed by atoms with Gasteiger partial charge in [0.15, 0.2) is 0 Å². The van der Waals surface area contributed by atoms with Crippen LogP contribution in [-0.4, -0.2) is 32.3 Å². The van der Waals surface area contributed by atoms with Crippen molar-refractivity contribution in [3.63, 3.8) is 0 Å². The quantitative estimate of drug-likeness (QED) is 0.567. The zero-order valence-corrected chi connectivity index (χ0v) is 14.1. The third-order valence-corrected chi connectivity index (χ3v) is 4.03. The number of carbonyl (C=O) groups excluding carboxylic acids is 1. The van der Waals surface area contributed by atoms with E-state index >= 15 is 0 Å². The SMILES string of the molecule is CCOC(OC)Oc1cccc([C@H]2CCCC[C@@H]2OC(C)=O)c1. The van der Waals surface area contributed by atoms with Crippen molar-refractivity contribution in [2.24, 2.45) is 0 Å². The number of carbonyl (C=O) groups is 1. The lowest BCUT2D eigenvalue weighted by Gasteiger charge is -2.31. The van der Waals surface area contributed by atoms with E-state index in [1.54, 1.807) is 7.11 Å². The van der Waals surface area contributed by atoms with Crippen LogP contribution in [0.3, 0.4) is 0 Å². The molecule has 0 spiro atoms. The maximum absolute atomic E-state index is 11.3. The van der Waals surface area contributed by atoms with Gasteiger partial charge in [-0.2, -0.15) is 0 Å². The van der Waals surface area contributed by atoms with Gasteiger partial charge in [0.2, 0.25) is 0 Å². The van der Waals surface area contributed by atoms with Crippen molar-refractivity contribution in [3.05, 3.63) is 29.8 Å². The van der Waals surface area contributed by atoms with Crippen molar-refractivity contribution in [1.82, 2.24) is 0 Å². The van der Waals surface area contributed by atoms with Gasteiger partial charge in [0.25, 0.3) is 0 Å². The summed E-state index contributed by atoms with van der Waals surface area (Å²) in [5, 5.41) is 0. The summed E-state index contributed by atoms with van der Waals surface area (Å²) in [7, 11) is 1.54. The molecule has 5 heteroatoms. The molecule has 5 nitrogen and oxygen atoms in total. The monoisotopic (exact) mass is 322 g/mol. The molecule has 1 unspecified atom stereocenters. The lowest BCUT2D eigenvalue weighted by atomic mass is 9.81. The summed E-state index contributed by atoms with van der Waals surface area (Å²) in [4.78, 5) is 11.3. The van der Waals surface area contributed by atoms with Crippen molar-refractivity contribution >= 4 is 5.97 Å². The Kier molecular flexibility index (Phi) is 6.86. The first-order chi connectivity index (χ1) is 11.1. The van der Waals surface area contributed by atoms with Crippen molar-refractivity contribution in [2.75, 3.05) is 13.7 Å². The van der Waals surface area contributed by atoms with E-state index in [0.717, 1.165) is 31.2 Å². The van der Waals surface area contributed by atoms with E-state index in [2.05, 4.69) is 6.07 Å². The number of hydrogen-bond donors (Lipinski definition) is 0. The third-order valence-electron chi connectivity index (χ3n) is 4.03. The molecule has 0 saturated heterocycles. The van der Waals surface area contributed by atoms with Gasteiger partial charge in [-0.25, -0.2) is 0 Å². The first-order valence-corrected chi connectivity index (χ1v) is 8.22. The number of benzene rings is 1. The van der Waals surface area contributed by atoms with E-state index in [4.69, 9.17) is 18.9 Å². The molecule has 3 atom stereocenters. The second-order valence-electron chi connectivity index (χ2n) is 5.71. The fraction of sp³-hybridized carbons (Fsp3) is 0.611. The lowest BCUT2D eigenvalue weighted by Crippen LogP contribution is -2.28. The normalized spacial score (nSPS) is 22.4. The number of esters is 1. The second kappa shape index (κ2) is 8.89. The molecular weight excluding hydrogens is 296 g/mol.